The number of benzene rings is 4. The Morgan fingerprint density at radius 2 is 1.50 bits per heavy atom. The van der Waals surface area contributed by atoms with Crippen LogP contribution in [0, 0.1) is 0 Å². The number of carbonyl (C=O) groups is 1. The van der Waals surface area contributed by atoms with Crippen LogP contribution >= 0.6 is 0 Å². The van der Waals surface area contributed by atoms with Crippen molar-refractivity contribution in [1.82, 2.24) is 15.0 Å². The maximum absolute atomic E-state index is 13.5. The molecule has 168 valence electrons. The van der Waals surface area contributed by atoms with E-state index in [0.717, 1.165) is 27.9 Å². The first kappa shape index (κ1) is 21.6. The maximum atomic E-state index is 13.5. The van der Waals surface area contributed by atoms with Gasteiger partial charge in [0.05, 0.1) is 18.7 Å². The third-order valence-electron chi connectivity index (χ3n) is 6.19. The molecule has 0 aliphatic heterocycles. The van der Waals surface area contributed by atoms with Gasteiger partial charge in [-0.1, -0.05) is 90.1 Å². The summed E-state index contributed by atoms with van der Waals surface area (Å²) in [6.07, 6.45) is 0.324. The number of fused-ring (bicyclic) bond motifs is 1. The Bertz CT molecular complexity index is 1400. The summed E-state index contributed by atoms with van der Waals surface area (Å²) >= 11 is 0. The molecule has 1 aromatic heterocycles. The zero-order chi connectivity index (χ0) is 23.3. The first-order valence-electron chi connectivity index (χ1n) is 11.3. The van der Waals surface area contributed by atoms with Crippen LogP contribution in [-0.4, -0.2) is 27.9 Å². The summed E-state index contributed by atoms with van der Waals surface area (Å²) in [6.45, 7) is 0. The number of para-hydroxylation sites is 1. The maximum Gasteiger partial charge on any atom is 0.163 e. The molecule has 0 bridgehead atoms. The molecule has 0 amide bonds. The van der Waals surface area contributed by atoms with Crippen LogP contribution < -0.4 is 4.74 Å². The van der Waals surface area contributed by atoms with Crippen molar-refractivity contribution in [2.45, 2.75) is 18.4 Å². The molecule has 2 unspecified atom stereocenters. The molecule has 0 fully saturated rings. The molecule has 5 nitrogen and oxygen atoms in total. The largest absolute Gasteiger partial charge is 0.497 e. The lowest BCUT2D eigenvalue weighted by molar-refractivity contribution is 0.0966. The number of hydrogen-bond donors (Lipinski definition) is 0. The average Bonchev–Trinajstić information content (AvgIpc) is 3.33. The van der Waals surface area contributed by atoms with E-state index in [1.165, 1.54) is 0 Å². The highest BCUT2D eigenvalue weighted by molar-refractivity contribution is 5.96. The van der Waals surface area contributed by atoms with Gasteiger partial charge in [0.25, 0.3) is 0 Å². The molecule has 0 N–H and O–H groups in total. The van der Waals surface area contributed by atoms with Gasteiger partial charge in [-0.15, -0.1) is 5.10 Å². The predicted octanol–water partition coefficient (Wildman–Crippen LogP) is 6.09. The number of Topliss-reactive ketones (excluding diaryl/α,β-unsaturated/α-hetero) is 1. The van der Waals surface area contributed by atoms with Crippen LogP contribution in [0.3, 0.4) is 0 Å². The zero-order valence-corrected chi connectivity index (χ0v) is 18.9. The van der Waals surface area contributed by atoms with E-state index < -0.39 is 0 Å². The van der Waals surface area contributed by atoms with Crippen molar-refractivity contribution in [3.63, 3.8) is 0 Å². The first-order valence-corrected chi connectivity index (χ1v) is 11.3. The molecule has 0 saturated heterocycles. The van der Waals surface area contributed by atoms with Crippen molar-refractivity contribution in [2.24, 2.45) is 0 Å². The molecule has 0 spiro atoms. The molecule has 0 saturated carbocycles. The fraction of sp³-hybridized carbons (Fsp3) is 0.138. The summed E-state index contributed by atoms with van der Waals surface area (Å²) < 4.78 is 7.48. The molecule has 5 heteroatoms. The lowest BCUT2D eigenvalue weighted by Gasteiger charge is -2.28. The third-order valence-corrected chi connectivity index (χ3v) is 6.19. The van der Waals surface area contributed by atoms with E-state index in [-0.39, 0.29) is 17.7 Å². The van der Waals surface area contributed by atoms with E-state index in [9.17, 15) is 4.79 Å². The van der Waals surface area contributed by atoms with Gasteiger partial charge in [0.1, 0.15) is 11.3 Å². The lowest BCUT2D eigenvalue weighted by atomic mass is 9.82. The molecule has 5 rings (SSSR count). The quantitative estimate of drug-likeness (QED) is 0.270. The number of methoxy groups -OCH3 is 1. The van der Waals surface area contributed by atoms with Crippen molar-refractivity contribution in [2.75, 3.05) is 7.11 Å². The van der Waals surface area contributed by atoms with Crippen LogP contribution in [0.25, 0.3) is 11.0 Å². The molecule has 34 heavy (non-hydrogen) atoms. The van der Waals surface area contributed by atoms with E-state index in [4.69, 9.17) is 4.74 Å². The number of ketones is 1. The molecule has 0 aliphatic rings. The molecule has 0 aliphatic carbocycles. The Morgan fingerprint density at radius 3 is 2.26 bits per heavy atom. The van der Waals surface area contributed by atoms with Crippen molar-refractivity contribution >= 4 is 16.8 Å². The minimum absolute atomic E-state index is 0.0896. The van der Waals surface area contributed by atoms with Crippen LogP contribution in [0.1, 0.15) is 39.9 Å². The van der Waals surface area contributed by atoms with Gasteiger partial charge in [-0.2, -0.15) is 0 Å². The minimum atomic E-state index is -0.266. The van der Waals surface area contributed by atoms with Gasteiger partial charge in [0.2, 0.25) is 0 Å². The van der Waals surface area contributed by atoms with Crippen LogP contribution in [-0.2, 0) is 0 Å². The average molecular weight is 448 g/mol. The number of carbonyl (C=O) groups excluding carboxylic acids is 1. The highest BCUT2D eigenvalue weighted by atomic mass is 16.5. The summed E-state index contributed by atoms with van der Waals surface area (Å²) in [5, 5.41) is 8.99. The molecular formula is C29H25N3O2. The van der Waals surface area contributed by atoms with Crippen LogP contribution in [0.2, 0.25) is 0 Å². The number of ether oxygens (including phenoxy) is 1. The Labute approximate surface area is 198 Å². The smallest absolute Gasteiger partial charge is 0.163 e. The number of aromatic nitrogens is 3. The monoisotopic (exact) mass is 447 g/mol. The van der Waals surface area contributed by atoms with Crippen molar-refractivity contribution in [3.8, 4) is 5.75 Å². The summed E-state index contributed by atoms with van der Waals surface area (Å²) in [6, 6.07) is 35.2. The van der Waals surface area contributed by atoms with Gasteiger partial charge in [0.15, 0.2) is 5.78 Å². The van der Waals surface area contributed by atoms with Gasteiger partial charge in [0, 0.05) is 17.9 Å². The van der Waals surface area contributed by atoms with Crippen molar-refractivity contribution in [3.05, 3.63) is 126 Å². The fourth-order valence-electron chi connectivity index (χ4n) is 4.52. The van der Waals surface area contributed by atoms with E-state index >= 15 is 0 Å². The number of rotatable bonds is 8. The normalized spacial score (nSPS) is 12.9. The molecule has 4 aromatic carbocycles. The second-order valence-corrected chi connectivity index (χ2v) is 8.25. The van der Waals surface area contributed by atoms with Crippen LogP contribution in [0.15, 0.2) is 109 Å². The Balaban J connectivity index is 1.69. The molecule has 2 atom stereocenters. The van der Waals surface area contributed by atoms with E-state index in [0.29, 0.717) is 12.0 Å². The summed E-state index contributed by atoms with van der Waals surface area (Å²) in [5.74, 6) is 0.672. The number of nitrogens with zero attached hydrogens (tertiary/aromatic N) is 3. The predicted molar refractivity (Wildman–Crippen MR) is 133 cm³/mol. The fourth-order valence-corrected chi connectivity index (χ4v) is 4.52. The van der Waals surface area contributed by atoms with E-state index in [2.05, 4.69) is 28.5 Å². The molecule has 5 aromatic rings. The van der Waals surface area contributed by atoms with Gasteiger partial charge in [-0.25, -0.2) is 4.68 Å². The summed E-state index contributed by atoms with van der Waals surface area (Å²) in [4.78, 5) is 13.5. The van der Waals surface area contributed by atoms with Crippen LogP contribution in [0.5, 0.6) is 5.75 Å². The van der Waals surface area contributed by atoms with Gasteiger partial charge in [-0.3, -0.25) is 4.79 Å². The second kappa shape index (κ2) is 9.71. The minimum Gasteiger partial charge on any atom is -0.497 e. The molecule has 1 heterocycles. The Kier molecular flexibility index (Phi) is 6.17. The Hall–Kier alpha value is -4.25. The Morgan fingerprint density at radius 1 is 0.824 bits per heavy atom. The first-order chi connectivity index (χ1) is 16.7. The third kappa shape index (κ3) is 4.33. The summed E-state index contributed by atoms with van der Waals surface area (Å²) in [5.41, 5.74) is 4.51. The summed E-state index contributed by atoms with van der Waals surface area (Å²) in [7, 11) is 1.66. The SMILES string of the molecule is COc1cccc(C(C(CC(=O)c2ccccc2)c2ccccc2)n2nnc3ccccc32)c1. The standard InChI is InChI=1S/C29H25N3O2/c1-34-24-16-10-15-23(19-24)29(32-27-18-9-8-17-26(27)30-31-32)25(21-11-4-2-5-12-21)20-28(33)22-13-6-3-7-14-22/h2-19,25,29H,20H2,1H3. The zero-order valence-electron chi connectivity index (χ0n) is 18.9. The van der Waals surface area contributed by atoms with E-state index in [1.54, 1.807) is 7.11 Å². The van der Waals surface area contributed by atoms with Gasteiger partial charge < -0.3 is 4.74 Å². The number of hydrogen-bond acceptors (Lipinski definition) is 4. The molecular weight excluding hydrogens is 422 g/mol. The van der Waals surface area contributed by atoms with Crippen molar-refractivity contribution < 1.29 is 9.53 Å². The van der Waals surface area contributed by atoms with Crippen LogP contribution in [0.4, 0.5) is 0 Å². The molecule has 0 radical (unpaired) electrons. The lowest BCUT2D eigenvalue weighted by Crippen LogP contribution is -2.23. The van der Waals surface area contributed by atoms with Gasteiger partial charge >= 0.3 is 0 Å². The van der Waals surface area contributed by atoms with Crippen molar-refractivity contribution in [1.29, 1.82) is 0 Å². The highest BCUT2D eigenvalue weighted by Crippen LogP contribution is 2.39. The highest BCUT2D eigenvalue weighted by Gasteiger charge is 2.31. The second-order valence-electron chi connectivity index (χ2n) is 8.25. The topological polar surface area (TPSA) is 57.0 Å². The van der Waals surface area contributed by atoms with E-state index in [1.807, 2.05) is 95.7 Å². The van der Waals surface area contributed by atoms with Gasteiger partial charge in [-0.05, 0) is 35.4 Å².